The minimum Gasteiger partial charge on any atom is -0.462 e. The molecule has 0 saturated heterocycles. The van der Waals surface area contributed by atoms with E-state index in [1.165, 1.54) is 0 Å². The van der Waals surface area contributed by atoms with Gasteiger partial charge in [0.15, 0.2) is 0 Å². The lowest BCUT2D eigenvalue weighted by Gasteiger charge is -2.17. The van der Waals surface area contributed by atoms with Gasteiger partial charge in [-0.3, -0.25) is 0 Å². The molecule has 3 aromatic rings. The Labute approximate surface area is 154 Å². The summed E-state index contributed by atoms with van der Waals surface area (Å²) in [4.78, 5) is 12.7. The highest BCUT2D eigenvalue weighted by atomic mass is 16.5. The Bertz CT molecular complexity index is 871. The van der Waals surface area contributed by atoms with Crippen molar-refractivity contribution in [3.8, 4) is 22.6 Å². The van der Waals surface area contributed by atoms with Crippen molar-refractivity contribution >= 4 is 5.97 Å². The van der Waals surface area contributed by atoms with Gasteiger partial charge in [0, 0.05) is 0 Å². The van der Waals surface area contributed by atoms with Gasteiger partial charge in [-0.05, 0) is 48.2 Å². The first-order valence-corrected chi connectivity index (χ1v) is 8.85. The predicted octanol–water partition coefficient (Wildman–Crippen LogP) is 5.89. The van der Waals surface area contributed by atoms with Gasteiger partial charge in [-0.15, -0.1) is 0 Å². The molecular weight excluding hydrogens is 324 g/mol. The van der Waals surface area contributed by atoms with Crippen LogP contribution in [0.2, 0.25) is 0 Å². The lowest BCUT2D eigenvalue weighted by molar-refractivity contribution is 0.0522. The molecule has 3 aromatic carbocycles. The lowest BCUT2D eigenvalue weighted by atomic mass is 9.93. The Morgan fingerprint density at radius 3 is 2.12 bits per heavy atom. The number of hydrogen-bond acceptors (Lipinski definition) is 3. The largest absolute Gasteiger partial charge is 0.462 e. The molecule has 0 aliphatic heterocycles. The van der Waals surface area contributed by atoms with E-state index in [1.807, 2.05) is 86.6 Å². The molecule has 0 aliphatic carbocycles. The number of hydrogen-bond donors (Lipinski definition) is 0. The molecule has 0 bridgehead atoms. The Hall–Kier alpha value is -3.07. The van der Waals surface area contributed by atoms with E-state index in [2.05, 4.69) is 0 Å². The van der Waals surface area contributed by atoms with Crippen molar-refractivity contribution in [1.29, 1.82) is 0 Å². The second-order valence-electron chi connectivity index (χ2n) is 5.82. The van der Waals surface area contributed by atoms with Gasteiger partial charge in [-0.2, -0.15) is 0 Å². The molecule has 26 heavy (non-hydrogen) atoms. The number of carbonyl (C=O) groups is 1. The van der Waals surface area contributed by atoms with Crippen LogP contribution in [0.25, 0.3) is 11.1 Å². The predicted molar refractivity (Wildman–Crippen MR) is 104 cm³/mol. The number of esters is 1. The topological polar surface area (TPSA) is 35.5 Å². The summed E-state index contributed by atoms with van der Waals surface area (Å²) in [5, 5.41) is 0. The third kappa shape index (κ3) is 3.77. The summed E-state index contributed by atoms with van der Waals surface area (Å²) in [6, 6.07) is 23.4. The van der Waals surface area contributed by atoms with Crippen molar-refractivity contribution in [2.75, 3.05) is 6.61 Å². The molecule has 3 nitrogen and oxygen atoms in total. The zero-order valence-electron chi connectivity index (χ0n) is 15.1. The summed E-state index contributed by atoms with van der Waals surface area (Å²) in [7, 11) is 0. The van der Waals surface area contributed by atoms with Gasteiger partial charge in [0.1, 0.15) is 17.1 Å². The van der Waals surface area contributed by atoms with Crippen LogP contribution in [0.5, 0.6) is 11.5 Å². The average molecular weight is 346 g/mol. The van der Waals surface area contributed by atoms with Crippen LogP contribution in [0.1, 0.15) is 29.8 Å². The summed E-state index contributed by atoms with van der Waals surface area (Å²) < 4.78 is 11.3. The van der Waals surface area contributed by atoms with Crippen molar-refractivity contribution in [2.45, 2.75) is 20.3 Å². The SMILES string of the molecule is CCOC(=O)c1c(Oc2ccccc2)ccc(-c2ccccc2)c1CC. The smallest absolute Gasteiger partial charge is 0.342 e. The summed E-state index contributed by atoms with van der Waals surface area (Å²) in [5.74, 6) is 0.854. The highest BCUT2D eigenvalue weighted by Crippen LogP contribution is 2.35. The Morgan fingerprint density at radius 2 is 1.50 bits per heavy atom. The Morgan fingerprint density at radius 1 is 0.846 bits per heavy atom. The van der Waals surface area contributed by atoms with Crippen LogP contribution in [-0.2, 0) is 11.2 Å². The molecule has 0 amide bonds. The van der Waals surface area contributed by atoms with Gasteiger partial charge >= 0.3 is 5.97 Å². The fraction of sp³-hybridized carbons (Fsp3) is 0.174. The average Bonchev–Trinajstić information content (AvgIpc) is 2.69. The second-order valence-corrected chi connectivity index (χ2v) is 5.82. The molecule has 0 heterocycles. The first-order chi connectivity index (χ1) is 12.7. The van der Waals surface area contributed by atoms with Crippen LogP contribution in [0.4, 0.5) is 0 Å². The molecule has 0 atom stereocenters. The van der Waals surface area contributed by atoms with Gasteiger partial charge in [0.2, 0.25) is 0 Å². The molecule has 0 saturated carbocycles. The van der Waals surface area contributed by atoms with E-state index < -0.39 is 0 Å². The molecule has 0 aromatic heterocycles. The minimum atomic E-state index is -0.354. The molecule has 0 N–H and O–H groups in total. The van der Waals surface area contributed by atoms with E-state index >= 15 is 0 Å². The number of carbonyl (C=O) groups excluding carboxylic acids is 1. The summed E-state index contributed by atoms with van der Waals surface area (Å²) in [6.45, 7) is 4.17. The zero-order chi connectivity index (χ0) is 18.4. The van der Waals surface area contributed by atoms with Crippen LogP contribution < -0.4 is 4.74 Å². The van der Waals surface area contributed by atoms with Crippen LogP contribution in [-0.4, -0.2) is 12.6 Å². The molecular formula is C23H22O3. The van der Waals surface area contributed by atoms with Crippen molar-refractivity contribution < 1.29 is 14.3 Å². The van der Waals surface area contributed by atoms with Crippen molar-refractivity contribution in [2.24, 2.45) is 0 Å². The minimum absolute atomic E-state index is 0.322. The van der Waals surface area contributed by atoms with Gasteiger partial charge in [-0.25, -0.2) is 4.79 Å². The molecule has 0 unspecified atom stereocenters. The van der Waals surface area contributed by atoms with Gasteiger partial charge in [0.05, 0.1) is 6.61 Å². The van der Waals surface area contributed by atoms with Gasteiger partial charge < -0.3 is 9.47 Å². The number of para-hydroxylation sites is 1. The fourth-order valence-electron chi connectivity index (χ4n) is 3.01. The molecule has 0 spiro atoms. The van der Waals surface area contributed by atoms with Gasteiger partial charge in [-0.1, -0.05) is 61.5 Å². The second kappa shape index (κ2) is 8.34. The Kier molecular flexibility index (Phi) is 5.69. The molecule has 0 aliphatic rings. The van der Waals surface area contributed by atoms with E-state index in [0.717, 1.165) is 16.7 Å². The quantitative estimate of drug-likeness (QED) is 0.522. The third-order valence-corrected chi connectivity index (χ3v) is 4.16. The lowest BCUT2D eigenvalue weighted by Crippen LogP contribution is -2.11. The van der Waals surface area contributed by atoms with Crippen LogP contribution in [0, 0.1) is 0 Å². The van der Waals surface area contributed by atoms with Crippen LogP contribution in [0.3, 0.4) is 0 Å². The standard InChI is InChI=1S/C23H22O3/c1-3-19-20(17-11-7-5-8-12-17)15-16-21(22(19)23(24)25-4-2)26-18-13-9-6-10-14-18/h5-16H,3-4H2,1-2H3. The maximum atomic E-state index is 12.7. The maximum Gasteiger partial charge on any atom is 0.342 e. The van der Waals surface area contributed by atoms with Crippen LogP contribution in [0.15, 0.2) is 72.8 Å². The normalized spacial score (nSPS) is 10.4. The monoisotopic (exact) mass is 346 g/mol. The fourth-order valence-corrected chi connectivity index (χ4v) is 3.01. The number of ether oxygens (including phenoxy) is 2. The number of benzene rings is 3. The van der Waals surface area contributed by atoms with E-state index in [4.69, 9.17) is 9.47 Å². The van der Waals surface area contributed by atoms with E-state index in [-0.39, 0.29) is 5.97 Å². The highest BCUT2D eigenvalue weighted by Gasteiger charge is 2.22. The van der Waals surface area contributed by atoms with Gasteiger partial charge in [0.25, 0.3) is 0 Å². The Balaban J connectivity index is 2.14. The van der Waals surface area contributed by atoms with E-state index in [9.17, 15) is 4.79 Å². The van der Waals surface area contributed by atoms with Crippen molar-refractivity contribution in [1.82, 2.24) is 0 Å². The maximum absolute atomic E-state index is 12.7. The van der Waals surface area contributed by atoms with Crippen molar-refractivity contribution in [3.63, 3.8) is 0 Å². The first kappa shape index (κ1) is 17.7. The molecule has 0 fully saturated rings. The van der Waals surface area contributed by atoms with Crippen LogP contribution >= 0.6 is 0 Å². The molecule has 132 valence electrons. The highest BCUT2D eigenvalue weighted by molar-refractivity contribution is 5.97. The van der Waals surface area contributed by atoms with E-state index in [1.54, 1.807) is 0 Å². The number of rotatable bonds is 6. The zero-order valence-corrected chi connectivity index (χ0v) is 15.1. The third-order valence-electron chi connectivity index (χ3n) is 4.16. The molecule has 3 rings (SSSR count). The summed E-state index contributed by atoms with van der Waals surface area (Å²) >= 11 is 0. The molecule has 3 heteroatoms. The van der Waals surface area contributed by atoms with Crippen molar-refractivity contribution in [3.05, 3.63) is 83.9 Å². The summed E-state index contributed by atoms with van der Waals surface area (Å²) in [6.07, 6.45) is 0.699. The summed E-state index contributed by atoms with van der Waals surface area (Å²) in [5.41, 5.74) is 3.53. The first-order valence-electron chi connectivity index (χ1n) is 8.85. The molecule has 0 radical (unpaired) electrons. The van der Waals surface area contributed by atoms with E-state index in [0.29, 0.717) is 30.1 Å².